The quantitative estimate of drug-likeness (QED) is 0.227. The summed E-state index contributed by atoms with van der Waals surface area (Å²) in [5.41, 5.74) is 0. The number of rotatable bonds is 8. The zero-order chi connectivity index (χ0) is 13.6. The first-order valence-corrected chi connectivity index (χ1v) is 7.87. The fraction of sp³-hybridized carbons (Fsp3) is 0.818. The number of likely N-dealkylation sites (N-methyl/N-ethyl adjacent to an activating group) is 1. The Kier molecular flexibility index (Phi) is 6.72. The van der Waals surface area contributed by atoms with Crippen molar-refractivity contribution in [2.75, 3.05) is 40.9 Å². The third kappa shape index (κ3) is 5.75. The van der Waals surface area contributed by atoms with Crippen LogP contribution in [0.2, 0.25) is 0 Å². The third-order valence-corrected chi connectivity index (χ3v) is 3.95. The van der Waals surface area contributed by atoms with Gasteiger partial charge in [-0.3, -0.25) is 4.72 Å². The van der Waals surface area contributed by atoms with Crippen LogP contribution in [0.3, 0.4) is 0 Å². The van der Waals surface area contributed by atoms with Crippen molar-refractivity contribution in [3.8, 4) is 0 Å². The van der Waals surface area contributed by atoms with E-state index in [0.717, 1.165) is 42.2 Å². The van der Waals surface area contributed by atoms with E-state index in [-0.39, 0.29) is 0 Å². The van der Waals surface area contributed by atoms with Crippen LogP contribution in [-0.2, 0) is 9.47 Å². The lowest BCUT2D eigenvalue weighted by molar-refractivity contribution is -0.870. The third-order valence-electron chi connectivity index (χ3n) is 2.32. The molecule has 0 radical (unpaired) electrons. The molecule has 0 spiro atoms. The van der Waals surface area contributed by atoms with Crippen LogP contribution in [0.5, 0.6) is 0 Å². The van der Waals surface area contributed by atoms with Crippen LogP contribution in [0.25, 0.3) is 0 Å². The maximum atomic E-state index is 5.75. The van der Waals surface area contributed by atoms with Crippen LogP contribution < -0.4 is 4.72 Å². The standard InChI is InChI=1S/C11H23IN3O2S/c1-5-6-8-17-11-10(13-18-14(11)12)16-9-7-15(2,3)4/h13H,5-9H2,1-4H3/q+1. The Hall–Kier alpha value is -0.0200. The molecule has 0 amide bonds. The minimum atomic E-state index is 0.678. The highest BCUT2D eigenvalue weighted by Gasteiger charge is 2.25. The number of nitrogens with one attached hydrogen (secondary N) is 1. The molecule has 18 heavy (non-hydrogen) atoms. The summed E-state index contributed by atoms with van der Waals surface area (Å²) in [7, 11) is 6.45. The number of ether oxygens (including phenoxy) is 2. The molecule has 7 heteroatoms. The summed E-state index contributed by atoms with van der Waals surface area (Å²) < 4.78 is 17.4. The Balaban J connectivity index is 2.43. The normalized spacial score (nSPS) is 15.9. The molecule has 0 aromatic heterocycles. The Morgan fingerprint density at radius 2 is 2.00 bits per heavy atom. The van der Waals surface area contributed by atoms with Gasteiger partial charge in [0.1, 0.15) is 13.2 Å². The van der Waals surface area contributed by atoms with Crippen LogP contribution >= 0.6 is 35.0 Å². The number of unbranched alkanes of at least 4 members (excludes halogenated alkanes) is 1. The van der Waals surface area contributed by atoms with Crippen molar-refractivity contribution in [1.82, 2.24) is 7.24 Å². The van der Waals surface area contributed by atoms with Crippen molar-refractivity contribution in [3.05, 3.63) is 11.8 Å². The molecule has 0 fully saturated rings. The molecule has 1 N–H and O–H groups in total. The molecule has 1 rings (SSSR count). The van der Waals surface area contributed by atoms with Crippen LogP contribution in [0.15, 0.2) is 11.8 Å². The zero-order valence-electron chi connectivity index (χ0n) is 11.5. The number of halogens is 1. The largest absolute Gasteiger partial charge is 0.474 e. The average molecular weight is 388 g/mol. The predicted octanol–water partition coefficient (Wildman–Crippen LogP) is 2.47. The summed E-state index contributed by atoms with van der Waals surface area (Å²) in [5, 5.41) is 0. The smallest absolute Gasteiger partial charge is 0.273 e. The van der Waals surface area contributed by atoms with E-state index < -0.39 is 0 Å². The number of nitrogens with zero attached hydrogens (tertiary/aromatic N) is 2. The lowest BCUT2D eigenvalue weighted by atomic mass is 10.4. The first-order chi connectivity index (χ1) is 8.44. The van der Waals surface area contributed by atoms with Crippen LogP contribution in [0.1, 0.15) is 19.8 Å². The van der Waals surface area contributed by atoms with Crippen molar-refractivity contribution in [2.24, 2.45) is 0 Å². The van der Waals surface area contributed by atoms with Gasteiger partial charge < -0.3 is 14.0 Å². The first kappa shape index (κ1) is 16.0. The molecular formula is C11H23IN3O2S+. The summed E-state index contributed by atoms with van der Waals surface area (Å²) in [6.45, 7) is 4.52. The number of hydrogen-bond donors (Lipinski definition) is 1. The molecule has 0 aromatic rings. The molecule has 0 aliphatic carbocycles. The van der Waals surface area contributed by atoms with Gasteiger partial charge in [0.2, 0.25) is 0 Å². The fourth-order valence-electron chi connectivity index (χ4n) is 1.19. The van der Waals surface area contributed by atoms with Crippen LogP contribution in [-0.4, -0.2) is 47.9 Å². The van der Waals surface area contributed by atoms with E-state index in [4.69, 9.17) is 9.47 Å². The summed E-state index contributed by atoms with van der Waals surface area (Å²) in [6, 6.07) is 0. The Labute approximate surface area is 128 Å². The van der Waals surface area contributed by atoms with Gasteiger partial charge >= 0.3 is 0 Å². The topological polar surface area (TPSA) is 33.7 Å². The van der Waals surface area contributed by atoms with Gasteiger partial charge in [0.05, 0.1) is 62.7 Å². The van der Waals surface area contributed by atoms with Crippen molar-refractivity contribution in [3.63, 3.8) is 0 Å². The minimum Gasteiger partial charge on any atom is -0.474 e. The van der Waals surface area contributed by atoms with E-state index in [2.05, 4.69) is 55.7 Å². The fourth-order valence-corrected chi connectivity index (χ4v) is 2.37. The molecular weight excluding hydrogens is 365 g/mol. The maximum absolute atomic E-state index is 5.75. The van der Waals surface area contributed by atoms with Gasteiger partial charge in [-0.2, -0.15) is 0 Å². The SMILES string of the molecule is CCCCOC1=C(OCC[N+](C)(C)C)NSN1I. The molecule has 106 valence electrons. The van der Waals surface area contributed by atoms with E-state index in [1.165, 1.54) is 12.1 Å². The molecule has 0 saturated carbocycles. The van der Waals surface area contributed by atoms with Gasteiger partial charge in [-0.05, 0) is 6.42 Å². The molecule has 1 aliphatic rings. The molecule has 5 nitrogen and oxygen atoms in total. The zero-order valence-corrected chi connectivity index (χ0v) is 14.5. The predicted molar refractivity (Wildman–Crippen MR) is 83.3 cm³/mol. The summed E-state index contributed by atoms with van der Waals surface area (Å²) in [6.07, 6.45) is 2.19. The second-order valence-electron chi connectivity index (χ2n) is 5.14. The number of hydrogen-bond acceptors (Lipinski definition) is 5. The van der Waals surface area contributed by atoms with E-state index in [1.807, 2.05) is 2.52 Å². The highest BCUT2D eigenvalue weighted by molar-refractivity contribution is 14.1. The van der Waals surface area contributed by atoms with Crippen LogP contribution in [0, 0.1) is 0 Å². The van der Waals surface area contributed by atoms with Crippen molar-refractivity contribution >= 4 is 35.0 Å². The highest BCUT2D eigenvalue weighted by atomic mass is 127. The van der Waals surface area contributed by atoms with Gasteiger partial charge in [0.15, 0.2) is 0 Å². The van der Waals surface area contributed by atoms with E-state index in [1.54, 1.807) is 0 Å². The number of quaternary nitrogens is 1. The van der Waals surface area contributed by atoms with E-state index >= 15 is 0 Å². The van der Waals surface area contributed by atoms with Gasteiger partial charge in [0.25, 0.3) is 11.8 Å². The van der Waals surface area contributed by atoms with Gasteiger partial charge in [-0.1, -0.05) is 13.3 Å². The first-order valence-electron chi connectivity index (χ1n) is 6.13. The second kappa shape index (κ2) is 7.54. The molecule has 0 saturated heterocycles. The van der Waals surface area contributed by atoms with Gasteiger partial charge in [-0.25, -0.2) is 2.52 Å². The Morgan fingerprint density at radius 3 is 2.61 bits per heavy atom. The van der Waals surface area contributed by atoms with E-state index in [9.17, 15) is 0 Å². The van der Waals surface area contributed by atoms with E-state index in [0.29, 0.717) is 6.61 Å². The molecule has 1 heterocycles. The Morgan fingerprint density at radius 1 is 1.28 bits per heavy atom. The maximum Gasteiger partial charge on any atom is 0.273 e. The van der Waals surface area contributed by atoms with Crippen LogP contribution in [0.4, 0.5) is 0 Å². The molecule has 1 aliphatic heterocycles. The minimum absolute atomic E-state index is 0.678. The van der Waals surface area contributed by atoms with Crippen molar-refractivity contribution in [1.29, 1.82) is 0 Å². The van der Waals surface area contributed by atoms with Gasteiger partial charge in [0, 0.05) is 0 Å². The molecule has 0 aromatic carbocycles. The molecule has 0 bridgehead atoms. The van der Waals surface area contributed by atoms with Gasteiger partial charge in [-0.15, -0.1) is 0 Å². The molecule has 0 unspecified atom stereocenters. The monoisotopic (exact) mass is 388 g/mol. The lowest BCUT2D eigenvalue weighted by Gasteiger charge is -2.23. The summed E-state index contributed by atoms with van der Waals surface area (Å²) in [4.78, 5) is 0. The van der Waals surface area contributed by atoms with Crippen molar-refractivity contribution in [2.45, 2.75) is 19.8 Å². The highest BCUT2D eigenvalue weighted by Crippen LogP contribution is 2.31. The average Bonchev–Trinajstić information content (AvgIpc) is 2.60. The van der Waals surface area contributed by atoms with Crippen molar-refractivity contribution < 1.29 is 14.0 Å². The Bertz CT molecular complexity index is 295. The second-order valence-corrected chi connectivity index (χ2v) is 7.51. The lowest BCUT2D eigenvalue weighted by Crippen LogP contribution is -2.37. The summed E-state index contributed by atoms with van der Waals surface area (Å²) >= 11 is 3.67. The summed E-state index contributed by atoms with van der Waals surface area (Å²) in [5.74, 6) is 1.52. The molecule has 0 atom stereocenters.